The Kier molecular flexibility index (Phi) is 3.15. The summed E-state index contributed by atoms with van der Waals surface area (Å²) >= 11 is 0. The van der Waals surface area contributed by atoms with Crippen LogP contribution in [0.4, 0.5) is 0 Å². The molecule has 6 nitrogen and oxygen atoms in total. The number of nitrogens with zero attached hydrogens (tertiary/aromatic N) is 6. The van der Waals surface area contributed by atoms with Crippen LogP contribution in [-0.2, 0) is 0 Å². The fourth-order valence-electron chi connectivity index (χ4n) is 1.35. The molecule has 16 heavy (non-hydrogen) atoms. The van der Waals surface area contributed by atoms with Gasteiger partial charge in [0, 0.05) is 23.9 Å². The van der Waals surface area contributed by atoms with E-state index in [-0.39, 0.29) is 0 Å². The SMILES string of the molecule is [N-]=[N+]=NCCC=Cc1cnc2ncccn12. The molecule has 0 saturated carbocycles. The van der Waals surface area contributed by atoms with Crippen molar-refractivity contribution in [3.05, 3.63) is 46.9 Å². The first-order valence-electron chi connectivity index (χ1n) is 4.87. The van der Waals surface area contributed by atoms with Gasteiger partial charge in [-0.25, -0.2) is 9.97 Å². The summed E-state index contributed by atoms with van der Waals surface area (Å²) in [5, 5.41) is 3.45. The lowest BCUT2D eigenvalue weighted by Crippen LogP contribution is -1.88. The minimum Gasteiger partial charge on any atom is -0.284 e. The summed E-state index contributed by atoms with van der Waals surface area (Å²) in [5.74, 6) is 0.678. The predicted molar refractivity (Wildman–Crippen MR) is 60.7 cm³/mol. The quantitative estimate of drug-likeness (QED) is 0.339. The molecule has 0 atom stereocenters. The van der Waals surface area contributed by atoms with Gasteiger partial charge in [0.1, 0.15) is 0 Å². The number of imidazole rings is 1. The van der Waals surface area contributed by atoms with E-state index in [0.717, 1.165) is 12.1 Å². The van der Waals surface area contributed by atoms with Gasteiger partial charge >= 0.3 is 0 Å². The Morgan fingerprint density at radius 3 is 3.31 bits per heavy atom. The van der Waals surface area contributed by atoms with Gasteiger partial charge in [0.15, 0.2) is 0 Å². The number of hydrogen-bond donors (Lipinski definition) is 0. The minimum absolute atomic E-state index is 0.474. The van der Waals surface area contributed by atoms with Crippen molar-refractivity contribution in [1.29, 1.82) is 0 Å². The summed E-state index contributed by atoms with van der Waals surface area (Å²) in [6, 6.07) is 1.85. The standard InChI is InChI=1S/C10H10N6/c11-15-14-6-2-1-4-9-8-13-10-12-5-3-7-16(9)10/h1,3-5,7-8H,2,6H2. The predicted octanol–water partition coefficient (Wildman–Crippen LogP) is 2.44. The van der Waals surface area contributed by atoms with Gasteiger partial charge in [0.2, 0.25) is 5.78 Å². The van der Waals surface area contributed by atoms with Crippen molar-refractivity contribution in [3.63, 3.8) is 0 Å². The average molecular weight is 214 g/mol. The third-order valence-electron chi connectivity index (χ3n) is 2.06. The molecule has 0 amide bonds. The van der Waals surface area contributed by atoms with Crippen LogP contribution in [0.2, 0.25) is 0 Å². The van der Waals surface area contributed by atoms with E-state index in [4.69, 9.17) is 5.53 Å². The first-order chi connectivity index (χ1) is 7.92. The topological polar surface area (TPSA) is 79.0 Å². The number of hydrogen-bond acceptors (Lipinski definition) is 3. The lowest BCUT2D eigenvalue weighted by molar-refractivity contribution is 0.994. The molecule has 6 heteroatoms. The molecule has 0 aromatic carbocycles. The highest BCUT2D eigenvalue weighted by Crippen LogP contribution is 2.05. The monoisotopic (exact) mass is 214 g/mol. The van der Waals surface area contributed by atoms with Crippen LogP contribution in [0.3, 0.4) is 0 Å². The summed E-state index contributed by atoms with van der Waals surface area (Å²) in [7, 11) is 0. The van der Waals surface area contributed by atoms with Gasteiger partial charge in [0.25, 0.3) is 0 Å². The fraction of sp³-hybridized carbons (Fsp3) is 0.200. The van der Waals surface area contributed by atoms with Crippen molar-refractivity contribution in [3.8, 4) is 0 Å². The second-order valence-electron chi connectivity index (χ2n) is 3.12. The first-order valence-corrected chi connectivity index (χ1v) is 4.87. The zero-order valence-electron chi connectivity index (χ0n) is 8.56. The summed E-state index contributed by atoms with van der Waals surface area (Å²) in [6.07, 6.45) is 9.98. The maximum absolute atomic E-state index is 8.10. The van der Waals surface area contributed by atoms with Crippen LogP contribution in [0.15, 0.2) is 35.8 Å². The van der Waals surface area contributed by atoms with Crippen LogP contribution in [0, 0.1) is 0 Å². The van der Waals surface area contributed by atoms with Crippen molar-refractivity contribution in [2.45, 2.75) is 6.42 Å². The number of fused-ring (bicyclic) bond motifs is 1. The molecule has 2 aromatic rings. The highest BCUT2D eigenvalue weighted by molar-refractivity contribution is 5.49. The smallest absolute Gasteiger partial charge is 0.234 e. The Bertz CT molecular complexity index is 549. The van der Waals surface area contributed by atoms with Crippen LogP contribution in [0.5, 0.6) is 0 Å². The maximum atomic E-state index is 8.10. The van der Waals surface area contributed by atoms with Gasteiger partial charge < -0.3 is 0 Å². The highest BCUT2D eigenvalue weighted by atomic mass is 15.1. The molecule has 0 fully saturated rings. The molecule has 2 rings (SSSR count). The van der Waals surface area contributed by atoms with E-state index in [0.29, 0.717) is 12.3 Å². The molecule has 0 unspecified atom stereocenters. The second-order valence-corrected chi connectivity index (χ2v) is 3.12. The molecule has 0 N–H and O–H groups in total. The van der Waals surface area contributed by atoms with Gasteiger partial charge in [0.05, 0.1) is 11.9 Å². The van der Waals surface area contributed by atoms with E-state index in [1.807, 2.05) is 28.8 Å². The van der Waals surface area contributed by atoms with Crippen molar-refractivity contribution in [2.75, 3.05) is 6.54 Å². The van der Waals surface area contributed by atoms with E-state index in [1.165, 1.54) is 0 Å². The second kappa shape index (κ2) is 4.95. The Morgan fingerprint density at radius 1 is 1.50 bits per heavy atom. The van der Waals surface area contributed by atoms with Gasteiger partial charge in [-0.3, -0.25) is 4.40 Å². The third-order valence-corrected chi connectivity index (χ3v) is 2.06. The molecule has 0 spiro atoms. The number of azide groups is 1. The number of aromatic nitrogens is 3. The molecule has 0 aliphatic carbocycles. The molecule has 0 aliphatic heterocycles. The van der Waals surface area contributed by atoms with E-state index in [9.17, 15) is 0 Å². The summed E-state index contributed by atoms with van der Waals surface area (Å²) in [4.78, 5) is 10.9. The van der Waals surface area contributed by atoms with Gasteiger partial charge in [-0.1, -0.05) is 11.2 Å². The molecule has 0 radical (unpaired) electrons. The lowest BCUT2D eigenvalue weighted by atomic mass is 10.3. The lowest BCUT2D eigenvalue weighted by Gasteiger charge is -1.93. The molecule has 0 aliphatic rings. The van der Waals surface area contributed by atoms with Crippen molar-refractivity contribution < 1.29 is 0 Å². The van der Waals surface area contributed by atoms with Crippen molar-refractivity contribution in [2.24, 2.45) is 5.11 Å². The van der Waals surface area contributed by atoms with Gasteiger partial charge in [-0.2, -0.15) is 0 Å². The average Bonchev–Trinajstić information content (AvgIpc) is 2.73. The normalized spacial score (nSPS) is 10.8. The van der Waals surface area contributed by atoms with Crippen LogP contribution < -0.4 is 0 Å². The third kappa shape index (κ3) is 2.18. The van der Waals surface area contributed by atoms with Gasteiger partial charge in [-0.05, 0) is 24.1 Å². The Balaban J connectivity index is 2.12. The van der Waals surface area contributed by atoms with Crippen LogP contribution in [-0.4, -0.2) is 20.9 Å². The summed E-state index contributed by atoms with van der Waals surface area (Å²) in [6.45, 7) is 0.474. The Hall–Kier alpha value is -2.33. The van der Waals surface area contributed by atoms with Crippen LogP contribution in [0.1, 0.15) is 12.1 Å². The fourth-order valence-corrected chi connectivity index (χ4v) is 1.35. The largest absolute Gasteiger partial charge is 0.284 e. The van der Waals surface area contributed by atoms with E-state index in [2.05, 4.69) is 20.0 Å². The van der Waals surface area contributed by atoms with E-state index < -0.39 is 0 Å². The molecular weight excluding hydrogens is 204 g/mol. The van der Waals surface area contributed by atoms with E-state index >= 15 is 0 Å². The van der Waals surface area contributed by atoms with E-state index in [1.54, 1.807) is 12.4 Å². The van der Waals surface area contributed by atoms with Crippen LogP contribution >= 0.6 is 0 Å². The molecular formula is C10H10N6. The summed E-state index contributed by atoms with van der Waals surface area (Å²) < 4.78 is 1.89. The molecule has 2 heterocycles. The van der Waals surface area contributed by atoms with Crippen molar-refractivity contribution in [1.82, 2.24) is 14.4 Å². The van der Waals surface area contributed by atoms with Crippen LogP contribution in [0.25, 0.3) is 22.3 Å². The minimum atomic E-state index is 0.474. The number of rotatable bonds is 4. The first kappa shape index (κ1) is 10.2. The highest BCUT2D eigenvalue weighted by Gasteiger charge is 1.98. The molecule has 80 valence electrons. The molecule has 0 bridgehead atoms. The summed E-state index contributed by atoms with van der Waals surface area (Å²) in [5.41, 5.74) is 9.06. The molecule has 2 aromatic heterocycles. The Morgan fingerprint density at radius 2 is 2.44 bits per heavy atom. The Labute approximate surface area is 91.9 Å². The zero-order valence-corrected chi connectivity index (χ0v) is 8.56. The maximum Gasteiger partial charge on any atom is 0.234 e. The van der Waals surface area contributed by atoms with Crippen molar-refractivity contribution >= 4 is 11.9 Å². The molecule has 0 saturated heterocycles. The zero-order chi connectivity index (χ0) is 11.2. The van der Waals surface area contributed by atoms with Gasteiger partial charge in [-0.15, -0.1) is 0 Å².